The molecule has 4 nitrogen and oxygen atoms in total. The van der Waals surface area contributed by atoms with Gasteiger partial charge in [0.15, 0.2) is 0 Å². The summed E-state index contributed by atoms with van der Waals surface area (Å²) in [7, 11) is 0. The number of rotatable bonds is 8. The minimum absolute atomic E-state index is 0.0474. The van der Waals surface area contributed by atoms with Crippen LogP contribution in [0.15, 0.2) is 54.6 Å². The van der Waals surface area contributed by atoms with Crippen LogP contribution in [0.2, 0.25) is 5.02 Å². The molecule has 0 bridgehead atoms. The molecule has 0 radical (unpaired) electrons. The van der Waals surface area contributed by atoms with E-state index in [2.05, 4.69) is 5.32 Å². The van der Waals surface area contributed by atoms with Gasteiger partial charge < -0.3 is 10.1 Å². The fourth-order valence-corrected chi connectivity index (χ4v) is 2.43. The first-order valence-electron chi connectivity index (χ1n) is 8.57. The lowest BCUT2D eigenvalue weighted by molar-refractivity contribution is -0.116. The summed E-state index contributed by atoms with van der Waals surface area (Å²) in [4.78, 5) is 23.5. The fourth-order valence-electron chi connectivity index (χ4n) is 2.30. The molecule has 1 N–H and O–H groups in total. The van der Waals surface area contributed by atoms with Crippen LogP contribution in [0.25, 0.3) is 6.08 Å². The molecular formula is C21H22ClNO3. The first kappa shape index (κ1) is 19.7. The van der Waals surface area contributed by atoms with Crippen LogP contribution in [0.1, 0.15) is 42.1 Å². The summed E-state index contributed by atoms with van der Waals surface area (Å²) in [5.74, 6) is -0.411. The summed E-state index contributed by atoms with van der Waals surface area (Å²) in [5, 5.41) is 3.54. The molecule has 0 saturated heterocycles. The molecule has 2 aromatic rings. The normalized spacial score (nSPS) is 10.7. The summed E-state index contributed by atoms with van der Waals surface area (Å²) in [5.41, 5.74) is 2.22. The number of carbonyl (C=O) groups excluding carboxylic acids is 2. The van der Waals surface area contributed by atoms with Crippen molar-refractivity contribution in [3.8, 4) is 0 Å². The molecule has 2 aromatic carbocycles. The number of hydrogen-bond donors (Lipinski definition) is 1. The van der Waals surface area contributed by atoms with Gasteiger partial charge in [0, 0.05) is 17.1 Å². The molecule has 136 valence electrons. The zero-order chi connectivity index (χ0) is 18.8. The van der Waals surface area contributed by atoms with Gasteiger partial charge in [0.25, 0.3) is 0 Å². The number of benzene rings is 2. The van der Waals surface area contributed by atoms with Gasteiger partial charge in [-0.25, -0.2) is 4.79 Å². The van der Waals surface area contributed by atoms with E-state index in [0.29, 0.717) is 29.3 Å². The zero-order valence-corrected chi connectivity index (χ0v) is 15.5. The molecule has 1 amide bonds. The van der Waals surface area contributed by atoms with Gasteiger partial charge in [-0.1, -0.05) is 35.9 Å². The highest BCUT2D eigenvalue weighted by Gasteiger charge is 2.07. The number of halogens is 1. The van der Waals surface area contributed by atoms with Crippen LogP contribution in [0.3, 0.4) is 0 Å². The van der Waals surface area contributed by atoms with Crippen molar-refractivity contribution in [1.82, 2.24) is 0 Å². The number of esters is 1. The van der Waals surface area contributed by atoms with E-state index in [1.54, 1.807) is 31.2 Å². The molecule has 0 aliphatic rings. The van der Waals surface area contributed by atoms with Crippen LogP contribution in [0, 0.1) is 0 Å². The third kappa shape index (κ3) is 6.73. The van der Waals surface area contributed by atoms with Crippen LogP contribution in [-0.2, 0) is 9.53 Å². The number of carbonyl (C=O) groups is 2. The van der Waals surface area contributed by atoms with Gasteiger partial charge in [-0.15, -0.1) is 0 Å². The molecular weight excluding hydrogens is 350 g/mol. The summed E-state index contributed by atoms with van der Waals surface area (Å²) in [6.07, 6.45) is 6.08. The highest BCUT2D eigenvalue weighted by atomic mass is 35.5. The zero-order valence-electron chi connectivity index (χ0n) is 14.7. The number of anilines is 1. The summed E-state index contributed by atoms with van der Waals surface area (Å²) >= 11 is 5.84. The molecule has 0 atom stereocenters. The van der Waals surface area contributed by atoms with E-state index in [1.165, 1.54) is 0 Å². The molecule has 0 fully saturated rings. The van der Waals surface area contributed by atoms with Gasteiger partial charge in [-0.2, -0.15) is 0 Å². The fraction of sp³-hybridized carbons (Fsp3) is 0.238. The Morgan fingerprint density at radius 3 is 2.42 bits per heavy atom. The molecule has 0 spiro atoms. The van der Waals surface area contributed by atoms with Crippen molar-refractivity contribution in [3.63, 3.8) is 0 Å². The molecule has 26 heavy (non-hydrogen) atoms. The highest BCUT2D eigenvalue weighted by Crippen LogP contribution is 2.13. The van der Waals surface area contributed by atoms with Crippen molar-refractivity contribution in [2.75, 3.05) is 11.9 Å². The lowest BCUT2D eigenvalue weighted by Crippen LogP contribution is -2.11. The minimum atomic E-state index is -0.363. The van der Waals surface area contributed by atoms with Crippen molar-refractivity contribution < 1.29 is 14.3 Å². The third-order valence-electron chi connectivity index (χ3n) is 3.63. The van der Waals surface area contributed by atoms with E-state index in [1.807, 2.05) is 36.4 Å². The van der Waals surface area contributed by atoms with Gasteiger partial charge in [-0.05, 0) is 61.7 Å². The van der Waals surface area contributed by atoms with Crippen molar-refractivity contribution in [1.29, 1.82) is 0 Å². The SMILES string of the molecule is CCOC(=O)c1ccc(NC(=O)CCCC=Cc2ccc(Cl)cc2)cc1. The van der Waals surface area contributed by atoms with E-state index in [9.17, 15) is 9.59 Å². The third-order valence-corrected chi connectivity index (χ3v) is 3.89. The second kappa shape index (κ2) is 10.4. The maximum absolute atomic E-state index is 12.0. The molecule has 5 heteroatoms. The van der Waals surface area contributed by atoms with Crippen LogP contribution >= 0.6 is 11.6 Å². The summed E-state index contributed by atoms with van der Waals surface area (Å²) in [6.45, 7) is 2.10. The van der Waals surface area contributed by atoms with Gasteiger partial charge in [0.05, 0.1) is 12.2 Å². The molecule has 0 unspecified atom stereocenters. The first-order valence-corrected chi connectivity index (χ1v) is 8.95. The van der Waals surface area contributed by atoms with E-state index in [0.717, 1.165) is 18.4 Å². The second-order valence-corrected chi connectivity index (χ2v) is 6.13. The maximum Gasteiger partial charge on any atom is 0.338 e. The average molecular weight is 372 g/mol. The van der Waals surface area contributed by atoms with Gasteiger partial charge in [0.2, 0.25) is 5.91 Å². The Morgan fingerprint density at radius 1 is 1.08 bits per heavy atom. The van der Waals surface area contributed by atoms with E-state index < -0.39 is 0 Å². The lowest BCUT2D eigenvalue weighted by atomic mass is 10.1. The second-order valence-electron chi connectivity index (χ2n) is 5.69. The molecule has 0 heterocycles. The standard InChI is InChI=1S/C21H22ClNO3/c1-2-26-21(25)17-10-14-19(15-11-17)23-20(24)7-5-3-4-6-16-8-12-18(22)13-9-16/h4,6,8-15H,2-3,5,7H2,1H3,(H,23,24). The topological polar surface area (TPSA) is 55.4 Å². The molecule has 0 saturated carbocycles. The van der Waals surface area contributed by atoms with E-state index in [4.69, 9.17) is 16.3 Å². The van der Waals surface area contributed by atoms with Gasteiger partial charge in [-0.3, -0.25) is 4.79 Å². The van der Waals surface area contributed by atoms with E-state index in [-0.39, 0.29) is 11.9 Å². The number of hydrogen-bond acceptors (Lipinski definition) is 3. The lowest BCUT2D eigenvalue weighted by Gasteiger charge is -2.06. The molecule has 2 rings (SSSR count). The Hall–Kier alpha value is -2.59. The molecule has 0 aliphatic heterocycles. The number of unbranched alkanes of at least 4 members (excludes halogenated alkanes) is 1. The number of allylic oxidation sites excluding steroid dienone is 1. The Balaban J connectivity index is 1.71. The Kier molecular flexibility index (Phi) is 7.90. The number of amides is 1. The predicted octanol–water partition coefficient (Wildman–Crippen LogP) is 5.34. The summed E-state index contributed by atoms with van der Waals surface area (Å²) in [6, 6.07) is 14.3. The van der Waals surface area contributed by atoms with Gasteiger partial charge >= 0.3 is 5.97 Å². The summed E-state index contributed by atoms with van der Waals surface area (Å²) < 4.78 is 4.92. The molecule has 0 aromatic heterocycles. The van der Waals surface area contributed by atoms with Crippen molar-refractivity contribution in [3.05, 3.63) is 70.8 Å². The van der Waals surface area contributed by atoms with Crippen LogP contribution in [-0.4, -0.2) is 18.5 Å². The quantitative estimate of drug-likeness (QED) is 0.503. The number of ether oxygens (including phenoxy) is 1. The minimum Gasteiger partial charge on any atom is -0.462 e. The van der Waals surface area contributed by atoms with Gasteiger partial charge in [0.1, 0.15) is 0 Å². The van der Waals surface area contributed by atoms with Crippen molar-refractivity contribution >= 4 is 35.2 Å². The molecule has 0 aliphatic carbocycles. The smallest absolute Gasteiger partial charge is 0.338 e. The maximum atomic E-state index is 12.0. The monoisotopic (exact) mass is 371 g/mol. The van der Waals surface area contributed by atoms with E-state index >= 15 is 0 Å². The predicted molar refractivity (Wildman–Crippen MR) is 105 cm³/mol. The van der Waals surface area contributed by atoms with Crippen LogP contribution < -0.4 is 5.32 Å². The Morgan fingerprint density at radius 2 is 1.77 bits per heavy atom. The van der Waals surface area contributed by atoms with Crippen molar-refractivity contribution in [2.24, 2.45) is 0 Å². The largest absolute Gasteiger partial charge is 0.462 e. The Bertz CT molecular complexity index is 752. The highest BCUT2D eigenvalue weighted by molar-refractivity contribution is 6.30. The van der Waals surface area contributed by atoms with Crippen LogP contribution in [0.4, 0.5) is 5.69 Å². The Labute approximate surface area is 158 Å². The number of nitrogens with one attached hydrogen (secondary N) is 1. The van der Waals surface area contributed by atoms with Crippen LogP contribution in [0.5, 0.6) is 0 Å². The van der Waals surface area contributed by atoms with Crippen molar-refractivity contribution in [2.45, 2.75) is 26.2 Å². The average Bonchev–Trinajstić information content (AvgIpc) is 2.64. The first-order chi connectivity index (χ1) is 12.6.